The molecule has 1 amide bonds. The highest BCUT2D eigenvalue weighted by molar-refractivity contribution is 7.89. The zero-order chi connectivity index (χ0) is 23.7. The van der Waals surface area contributed by atoms with Crippen LogP contribution in [0.5, 0.6) is 5.75 Å². The van der Waals surface area contributed by atoms with Gasteiger partial charge < -0.3 is 14.6 Å². The van der Waals surface area contributed by atoms with Gasteiger partial charge in [0.15, 0.2) is 0 Å². The van der Waals surface area contributed by atoms with Crippen molar-refractivity contribution in [2.24, 2.45) is 5.92 Å². The SMILES string of the molecule is COc1ccc2[nH]cc(C3CCN(C(=O)C4CCN(S(=O)(=O)c5cccnc5)CC4)CC3)c2c1. The Kier molecular flexibility index (Phi) is 6.31. The van der Waals surface area contributed by atoms with Crippen LogP contribution >= 0.6 is 0 Å². The number of methoxy groups -OCH3 is 1. The molecule has 0 atom stereocenters. The third-order valence-corrected chi connectivity index (χ3v) is 9.12. The summed E-state index contributed by atoms with van der Waals surface area (Å²) >= 11 is 0. The lowest BCUT2D eigenvalue weighted by Crippen LogP contribution is -2.46. The quantitative estimate of drug-likeness (QED) is 0.602. The molecule has 0 bridgehead atoms. The van der Waals surface area contributed by atoms with Crippen LogP contribution in [0, 0.1) is 5.92 Å². The molecule has 9 heteroatoms. The molecule has 3 aromatic rings. The molecule has 1 N–H and O–H groups in total. The third kappa shape index (κ3) is 4.30. The molecule has 34 heavy (non-hydrogen) atoms. The number of carbonyl (C=O) groups is 1. The maximum atomic E-state index is 13.2. The number of nitrogens with zero attached hydrogens (tertiary/aromatic N) is 3. The van der Waals surface area contributed by atoms with E-state index in [1.807, 2.05) is 17.0 Å². The van der Waals surface area contributed by atoms with Gasteiger partial charge in [0.2, 0.25) is 15.9 Å². The number of pyridine rings is 1. The zero-order valence-corrected chi connectivity index (χ0v) is 20.1. The summed E-state index contributed by atoms with van der Waals surface area (Å²) in [6.45, 7) is 2.19. The maximum Gasteiger partial charge on any atom is 0.244 e. The number of ether oxygens (including phenoxy) is 1. The van der Waals surface area contributed by atoms with Gasteiger partial charge in [0.25, 0.3) is 0 Å². The number of amides is 1. The molecule has 0 unspecified atom stereocenters. The van der Waals surface area contributed by atoms with Crippen LogP contribution in [0.15, 0.2) is 53.8 Å². The number of sulfonamides is 1. The highest BCUT2D eigenvalue weighted by Crippen LogP contribution is 2.35. The number of nitrogens with one attached hydrogen (secondary N) is 1. The van der Waals surface area contributed by atoms with Crippen LogP contribution in [-0.2, 0) is 14.8 Å². The lowest BCUT2D eigenvalue weighted by atomic mass is 9.88. The molecule has 0 radical (unpaired) electrons. The van der Waals surface area contributed by atoms with Crippen molar-refractivity contribution < 1.29 is 17.9 Å². The van der Waals surface area contributed by atoms with Gasteiger partial charge in [-0.25, -0.2) is 8.42 Å². The van der Waals surface area contributed by atoms with Crippen molar-refractivity contribution in [3.8, 4) is 5.75 Å². The number of rotatable bonds is 5. The molecule has 0 saturated carbocycles. The van der Waals surface area contributed by atoms with Crippen molar-refractivity contribution in [2.45, 2.75) is 36.5 Å². The predicted octanol–water partition coefficient (Wildman–Crippen LogP) is 3.38. The van der Waals surface area contributed by atoms with E-state index in [1.165, 1.54) is 21.5 Å². The molecule has 5 rings (SSSR count). The Balaban J connectivity index is 1.18. The standard InChI is InChI=1S/C25H30N4O4S/c1-33-20-4-5-24-22(15-20)23(17-27-24)18-6-11-28(12-7-18)25(30)19-8-13-29(14-9-19)34(31,32)21-3-2-10-26-16-21/h2-5,10,15-19,27H,6-9,11-14H2,1H3. The number of aromatic amines is 1. The van der Waals surface area contributed by atoms with Crippen LogP contribution in [0.3, 0.4) is 0 Å². The maximum absolute atomic E-state index is 13.2. The van der Waals surface area contributed by atoms with Crippen LogP contribution < -0.4 is 4.74 Å². The molecular formula is C25H30N4O4S. The summed E-state index contributed by atoms with van der Waals surface area (Å²) in [4.78, 5) is 22.7. The fourth-order valence-electron chi connectivity index (χ4n) is 5.25. The molecular weight excluding hydrogens is 452 g/mol. The summed E-state index contributed by atoms with van der Waals surface area (Å²) in [6.07, 6.45) is 7.98. The van der Waals surface area contributed by atoms with Crippen LogP contribution in [0.25, 0.3) is 10.9 Å². The van der Waals surface area contributed by atoms with E-state index in [2.05, 4.69) is 22.2 Å². The first kappa shape index (κ1) is 22.9. The Morgan fingerprint density at radius 2 is 1.85 bits per heavy atom. The predicted molar refractivity (Wildman–Crippen MR) is 129 cm³/mol. The molecule has 2 fully saturated rings. The normalized spacial score (nSPS) is 18.9. The van der Waals surface area contributed by atoms with Crippen molar-refractivity contribution in [1.29, 1.82) is 0 Å². The summed E-state index contributed by atoms with van der Waals surface area (Å²) in [7, 11) is -1.88. The number of benzene rings is 1. The molecule has 180 valence electrons. The topological polar surface area (TPSA) is 95.6 Å². The van der Waals surface area contributed by atoms with Crippen LogP contribution in [0.4, 0.5) is 0 Å². The average molecular weight is 483 g/mol. The highest BCUT2D eigenvalue weighted by Gasteiger charge is 2.35. The van der Waals surface area contributed by atoms with E-state index in [0.717, 1.165) is 37.2 Å². The Labute approximate surface area is 200 Å². The Morgan fingerprint density at radius 3 is 2.53 bits per heavy atom. The van der Waals surface area contributed by atoms with Crippen LogP contribution in [0.1, 0.15) is 37.2 Å². The number of fused-ring (bicyclic) bond motifs is 1. The van der Waals surface area contributed by atoms with Gasteiger partial charge in [-0.1, -0.05) is 0 Å². The number of aromatic nitrogens is 2. The highest BCUT2D eigenvalue weighted by atomic mass is 32.2. The van der Waals surface area contributed by atoms with Gasteiger partial charge in [-0.3, -0.25) is 9.78 Å². The van der Waals surface area contributed by atoms with Gasteiger partial charge in [-0.2, -0.15) is 4.31 Å². The zero-order valence-electron chi connectivity index (χ0n) is 19.3. The minimum Gasteiger partial charge on any atom is -0.497 e. The molecule has 4 heterocycles. The van der Waals surface area contributed by atoms with E-state index in [-0.39, 0.29) is 16.7 Å². The van der Waals surface area contributed by atoms with Gasteiger partial charge in [0, 0.05) is 61.6 Å². The van der Waals surface area contributed by atoms with E-state index in [9.17, 15) is 13.2 Å². The number of piperidine rings is 2. The summed E-state index contributed by atoms with van der Waals surface area (Å²) in [5.74, 6) is 1.29. The first-order valence-corrected chi connectivity index (χ1v) is 13.3. The number of likely N-dealkylation sites (tertiary alicyclic amines) is 1. The molecule has 0 aliphatic carbocycles. The van der Waals surface area contributed by atoms with Crippen molar-refractivity contribution >= 4 is 26.8 Å². The number of hydrogen-bond donors (Lipinski definition) is 1. The fourth-order valence-corrected chi connectivity index (χ4v) is 6.68. The Morgan fingerprint density at radius 1 is 1.09 bits per heavy atom. The Hall–Kier alpha value is -2.91. The second-order valence-corrected chi connectivity index (χ2v) is 11.1. The van der Waals surface area contributed by atoms with E-state index in [1.54, 1.807) is 25.4 Å². The molecule has 0 spiro atoms. The molecule has 2 saturated heterocycles. The third-order valence-electron chi connectivity index (χ3n) is 7.24. The molecule has 2 aliphatic rings. The van der Waals surface area contributed by atoms with Crippen molar-refractivity contribution in [2.75, 3.05) is 33.3 Å². The van der Waals surface area contributed by atoms with Gasteiger partial charge in [-0.05, 0) is 67.5 Å². The molecule has 1 aromatic carbocycles. The molecule has 8 nitrogen and oxygen atoms in total. The largest absolute Gasteiger partial charge is 0.497 e. The fraction of sp³-hybridized carbons (Fsp3) is 0.440. The number of carbonyl (C=O) groups excluding carboxylic acids is 1. The van der Waals surface area contributed by atoms with Gasteiger partial charge in [0.05, 0.1) is 7.11 Å². The lowest BCUT2D eigenvalue weighted by Gasteiger charge is -2.37. The minimum absolute atomic E-state index is 0.116. The summed E-state index contributed by atoms with van der Waals surface area (Å²) in [6, 6.07) is 9.26. The first-order valence-electron chi connectivity index (χ1n) is 11.8. The van der Waals surface area contributed by atoms with Crippen molar-refractivity contribution in [3.05, 3.63) is 54.5 Å². The second-order valence-electron chi connectivity index (χ2n) is 9.12. The van der Waals surface area contributed by atoms with E-state index in [4.69, 9.17) is 4.74 Å². The van der Waals surface area contributed by atoms with Crippen LogP contribution in [0.2, 0.25) is 0 Å². The summed E-state index contributed by atoms with van der Waals surface area (Å²) in [5, 5.41) is 1.19. The minimum atomic E-state index is -3.56. The summed E-state index contributed by atoms with van der Waals surface area (Å²) in [5.41, 5.74) is 2.39. The van der Waals surface area contributed by atoms with Crippen LogP contribution in [-0.4, -0.2) is 66.8 Å². The van der Waals surface area contributed by atoms with Gasteiger partial charge in [0.1, 0.15) is 10.6 Å². The smallest absolute Gasteiger partial charge is 0.244 e. The monoisotopic (exact) mass is 482 g/mol. The molecule has 2 aromatic heterocycles. The summed E-state index contributed by atoms with van der Waals surface area (Å²) < 4.78 is 32.5. The number of H-pyrrole nitrogens is 1. The lowest BCUT2D eigenvalue weighted by molar-refractivity contribution is -0.137. The number of hydrogen-bond acceptors (Lipinski definition) is 5. The first-order chi connectivity index (χ1) is 16.5. The average Bonchev–Trinajstić information content (AvgIpc) is 3.32. The van der Waals surface area contributed by atoms with Gasteiger partial charge in [-0.15, -0.1) is 0 Å². The van der Waals surface area contributed by atoms with E-state index >= 15 is 0 Å². The molecule has 2 aliphatic heterocycles. The van der Waals surface area contributed by atoms with Crippen molar-refractivity contribution in [1.82, 2.24) is 19.2 Å². The Bertz CT molecular complexity index is 1260. The second kappa shape index (κ2) is 9.38. The van der Waals surface area contributed by atoms with Gasteiger partial charge >= 0.3 is 0 Å². The van der Waals surface area contributed by atoms with Crippen molar-refractivity contribution in [3.63, 3.8) is 0 Å². The van der Waals surface area contributed by atoms with E-state index < -0.39 is 10.0 Å². The van der Waals surface area contributed by atoms with E-state index in [0.29, 0.717) is 31.8 Å².